The predicted octanol–water partition coefficient (Wildman–Crippen LogP) is 3.24. The zero-order valence-corrected chi connectivity index (χ0v) is 13.0. The van der Waals surface area contributed by atoms with Crippen molar-refractivity contribution in [3.63, 3.8) is 0 Å². The van der Waals surface area contributed by atoms with Crippen LogP contribution in [0.3, 0.4) is 0 Å². The normalized spacial score (nSPS) is 17.4. The highest BCUT2D eigenvalue weighted by Gasteiger charge is 2.17. The van der Waals surface area contributed by atoms with Gasteiger partial charge in [-0.3, -0.25) is 4.79 Å². The van der Waals surface area contributed by atoms with E-state index < -0.39 is 0 Å². The summed E-state index contributed by atoms with van der Waals surface area (Å²) in [5, 5.41) is 6.68. The summed E-state index contributed by atoms with van der Waals surface area (Å²) in [5.74, 6) is 0.652. The topological polar surface area (TPSA) is 50.4 Å². The van der Waals surface area contributed by atoms with Crippen LogP contribution in [0.15, 0.2) is 18.2 Å². The van der Waals surface area contributed by atoms with Gasteiger partial charge in [0.1, 0.15) is 5.75 Å². The minimum absolute atomic E-state index is 0. The van der Waals surface area contributed by atoms with Gasteiger partial charge in [0.25, 0.3) is 0 Å². The molecule has 1 atom stereocenters. The molecular weight excluding hydrogens is 299 g/mol. The van der Waals surface area contributed by atoms with E-state index in [1.807, 2.05) is 6.92 Å². The van der Waals surface area contributed by atoms with Gasteiger partial charge in [-0.25, -0.2) is 0 Å². The van der Waals surface area contributed by atoms with Crippen LogP contribution in [-0.4, -0.2) is 25.1 Å². The van der Waals surface area contributed by atoms with Crippen LogP contribution in [0, 0.1) is 0 Å². The molecule has 1 aromatic carbocycles. The van der Waals surface area contributed by atoms with Crippen LogP contribution in [0.2, 0.25) is 5.02 Å². The van der Waals surface area contributed by atoms with E-state index in [2.05, 4.69) is 10.6 Å². The molecule has 1 fully saturated rings. The number of anilines is 1. The standard InChI is InChI=1S/C14H19ClN2O2.ClH/c1-2-19-13-6-5-11(8-12(13)15)17-14(18)9-10-4-3-7-16-10;/h5-6,8,10,16H,2-4,7,9H2,1H3,(H,17,18);1H. The van der Waals surface area contributed by atoms with E-state index in [-0.39, 0.29) is 18.3 Å². The highest BCUT2D eigenvalue weighted by molar-refractivity contribution is 6.32. The van der Waals surface area contributed by atoms with Gasteiger partial charge in [-0.15, -0.1) is 12.4 Å². The number of carbonyl (C=O) groups excluding carboxylic acids is 1. The lowest BCUT2D eigenvalue weighted by atomic mass is 10.1. The molecule has 1 saturated heterocycles. The van der Waals surface area contributed by atoms with Gasteiger partial charge >= 0.3 is 0 Å². The highest BCUT2D eigenvalue weighted by atomic mass is 35.5. The van der Waals surface area contributed by atoms with Gasteiger partial charge in [-0.05, 0) is 44.5 Å². The Balaban J connectivity index is 0.00000200. The van der Waals surface area contributed by atoms with Crippen molar-refractivity contribution < 1.29 is 9.53 Å². The van der Waals surface area contributed by atoms with E-state index in [4.69, 9.17) is 16.3 Å². The number of benzene rings is 1. The van der Waals surface area contributed by atoms with Gasteiger partial charge in [0, 0.05) is 18.2 Å². The third-order valence-electron chi connectivity index (χ3n) is 3.11. The lowest BCUT2D eigenvalue weighted by molar-refractivity contribution is -0.116. The zero-order valence-electron chi connectivity index (χ0n) is 11.4. The molecule has 0 saturated carbocycles. The average molecular weight is 319 g/mol. The van der Waals surface area contributed by atoms with Crippen LogP contribution in [0.25, 0.3) is 0 Å². The number of carbonyl (C=O) groups is 1. The first-order valence-electron chi connectivity index (χ1n) is 6.64. The molecule has 20 heavy (non-hydrogen) atoms. The first kappa shape index (κ1) is 17.1. The van der Waals surface area contributed by atoms with Crippen LogP contribution in [0.4, 0.5) is 5.69 Å². The number of rotatable bonds is 5. The molecule has 0 aromatic heterocycles. The van der Waals surface area contributed by atoms with E-state index >= 15 is 0 Å². The maximum absolute atomic E-state index is 11.9. The molecule has 0 bridgehead atoms. The van der Waals surface area contributed by atoms with Crippen molar-refractivity contribution in [2.75, 3.05) is 18.5 Å². The monoisotopic (exact) mass is 318 g/mol. The largest absolute Gasteiger partial charge is 0.492 e. The Bertz CT molecular complexity index is 449. The third-order valence-corrected chi connectivity index (χ3v) is 3.41. The third kappa shape index (κ3) is 4.85. The van der Waals surface area contributed by atoms with Gasteiger partial charge in [-0.1, -0.05) is 11.6 Å². The summed E-state index contributed by atoms with van der Waals surface area (Å²) < 4.78 is 5.35. The van der Waals surface area contributed by atoms with Crippen molar-refractivity contribution in [3.05, 3.63) is 23.2 Å². The first-order chi connectivity index (χ1) is 9.19. The Hall–Kier alpha value is -0.970. The molecule has 1 heterocycles. The SMILES string of the molecule is CCOc1ccc(NC(=O)CC2CCCN2)cc1Cl.Cl. The lowest BCUT2D eigenvalue weighted by Gasteiger charge is -2.12. The quantitative estimate of drug-likeness (QED) is 0.876. The molecule has 0 aliphatic carbocycles. The molecule has 1 aliphatic heterocycles. The lowest BCUT2D eigenvalue weighted by Crippen LogP contribution is -2.27. The Kier molecular flexibility index (Phi) is 7.13. The molecule has 1 aromatic rings. The second kappa shape index (κ2) is 8.35. The number of ether oxygens (including phenoxy) is 1. The Morgan fingerprint density at radius 1 is 1.55 bits per heavy atom. The van der Waals surface area contributed by atoms with Crippen molar-refractivity contribution in [3.8, 4) is 5.75 Å². The Labute approximate surface area is 130 Å². The summed E-state index contributed by atoms with van der Waals surface area (Å²) in [6, 6.07) is 5.59. The number of hydrogen-bond acceptors (Lipinski definition) is 3. The molecule has 6 heteroatoms. The second-order valence-electron chi connectivity index (χ2n) is 4.62. The van der Waals surface area contributed by atoms with E-state index in [9.17, 15) is 4.79 Å². The fourth-order valence-electron chi connectivity index (χ4n) is 2.22. The fraction of sp³-hybridized carbons (Fsp3) is 0.500. The summed E-state index contributed by atoms with van der Waals surface area (Å²) in [4.78, 5) is 11.9. The van der Waals surface area contributed by atoms with Crippen LogP contribution < -0.4 is 15.4 Å². The summed E-state index contributed by atoms with van der Waals surface area (Å²) in [7, 11) is 0. The molecule has 112 valence electrons. The van der Waals surface area contributed by atoms with E-state index in [0.717, 1.165) is 19.4 Å². The predicted molar refractivity (Wildman–Crippen MR) is 84.1 cm³/mol. The van der Waals surface area contributed by atoms with Crippen molar-refractivity contribution >= 4 is 35.6 Å². The molecular formula is C14H20Cl2N2O2. The molecule has 1 amide bonds. The van der Waals surface area contributed by atoms with Gasteiger partial charge in [0.15, 0.2) is 0 Å². The van der Waals surface area contributed by atoms with Crippen molar-refractivity contribution in [1.29, 1.82) is 0 Å². The molecule has 1 aliphatic rings. The second-order valence-corrected chi connectivity index (χ2v) is 5.03. The fourth-order valence-corrected chi connectivity index (χ4v) is 2.45. The number of nitrogens with one attached hydrogen (secondary N) is 2. The first-order valence-corrected chi connectivity index (χ1v) is 7.02. The van der Waals surface area contributed by atoms with Crippen molar-refractivity contribution in [2.24, 2.45) is 0 Å². The highest BCUT2D eigenvalue weighted by Crippen LogP contribution is 2.27. The van der Waals surface area contributed by atoms with Crippen LogP contribution in [0.1, 0.15) is 26.2 Å². The number of hydrogen-bond donors (Lipinski definition) is 2. The summed E-state index contributed by atoms with van der Waals surface area (Å²) in [6.45, 7) is 3.48. The Morgan fingerprint density at radius 3 is 2.95 bits per heavy atom. The maximum Gasteiger partial charge on any atom is 0.225 e. The summed E-state index contributed by atoms with van der Waals surface area (Å²) >= 11 is 6.07. The molecule has 2 rings (SSSR count). The molecule has 2 N–H and O–H groups in total. The molecule has 1 unspecified atom stereocenters. The van der Waals surface area contributed by atoms with Gasteiger partial charge in [-0.2, -0.15) is 0 Å². The summed E-state index contributed by atoms with van der Waals surface area (Å²) in [5.41, 5.74) is 0.705. The Morgan fingerprint density at radius 2 is 2.35 bits per heavy atom. The maximum atomic E-state index is 11.9. The molecule has 0 spiro atoms. The van der Waals surface area contributed by atoms with Crippen molar-refractivity contribution in [2.45, 2.75) is 32.2 Å². The number of halogens is 2. The van der Waals surface area contributed by atoms with Gasteiger partial charge in [0.2, 0.25) is 5.91 Å². The smallest absolute Gasteiger partial charge is 0.225 e. The summed E-state index contributed by atoms with van der Waals surface area (Å²) in [6.07, 6.45) is 2.72. The van der Waals surface area contributed by atoms with Crippen LogP contribution in [0.5, 0.6) is 5.75 Å². The zero-order chi connectivity index (χ0) is 13.7. The van der Waals surface area contributed by atoms with E-state index in [1.54, 1.807) is 18.2 Å². The van der Waals surface area contributed by atoms with E-state index in [0.29, 0.717) is 35.5 Å². The van der Waals surface area contributed by atoms with Gasteiger partial charge in [0.05, 0.1) is 11.6 Å². The number of amides is 1. The molecule has 0 radical (unpaired) electrons. The van der Waals surface area contributed by atoms with Crippen LogP contribution in [-0.2, 0) is 4.79 Å². The average Bonchev–Trinajstić information content (AvgIpc) is 2.85. The van der Waals surface area contributed by atoms with Gasteiger partial charge < -0.3 is 15.4 Å². The molecule has 4 nitrogen and oxygen atoms in total. The van der Waals surface area contributed by atoms with E-state index in [1.165, 1.54) is 0 Å². The van der Waals surface area contributed by atoms with Crippen molar-refractivity contribution in [1.82, 2.24) is 5.32 Å². The van der Waals surface area contributed by atoms with Crippen LogP contribution >= 0.6 is 24.0 Å². The minimum Gasteiger partial charge on any atom is -0.492 e. The minimum atomic E-state index is 0.